The van der Waals surface area contributed by atoms with Crippen molar-refractivity contribution in [3.05, 3.63) is 60.2 Å². The fourth-order valence-corrected chi connectivity index (χ4v) is 4.46. The van der Waals surface area contributed by atoms with Gasteiger partial charge in [-0.15, -0.1) is 0 Å². The second kappa shape index (κ2) is 7.08. The molecule has 0 unspecified atom stereocenters. The summed E-state index contributed by atoms with van der Waals surface area (Å²) < 4.78 is 19.1. The van der Waals surface area contributed by atoms with Gasteiger partial charge in [-0.05, 0) is 36.4 Å². The van der Waals surface area contributed by atoms with Crippen LogP contribution in [0.3, 0.4) is 0 Å². The molecule has 2 amide bonds. The van der Waals surface area contributed by atoms with Crippen molar-refractivity contribution in [1.82, 2.24) is 4.98 Å². The van der Waals surface area contributed by atoms with Gasteiger partial charge in [0.1, 0.15) is 11.3 Å². The Hall–Kier alpha value is -3.06. The second-order valence-corrected chi connectivity index (χ2v) is 7.75. The summed E-state index contributed by atoms with van der Waals surface area (Å²) in [5.41, 5.74) is 2.09. The summed E-state index contributed by atoms with van der Waals surface area (Å²) in [4.78, 5) is 32.3. The number of nitrogens with zero attached hydrogens (tertiary/aromatic N) is 2. The lowest BCUT2D eigenvalue weighted by Gasteiger charge is -2.30. The second-order valence-electron chi connectivity index (χ2n) is 7.75. The third kappa shape index (κ3) is 3.21. The molecule has 148 valence electrons. The van der Waals surface area contributed by atoms with E-state index in [2.05, 4.69) is 4.98 Å². The van der Waals surface area contributed by atoms with E-state index in [1.165, 1.54) is 29.2 Å². The van der Waals surface area contributed by atoms with Gasteiger partial charge in [-0.1, -0.05) is 12.1 Å². The number of hydrogen-bond acceptors (Lipinski definition) is 4. The number of aromatic nitrogens is 1. The Morgan fingerprint density at radius 1 is 1.03 bits per heavy atom. The minimum Gasteiger partial charge on any atom is -0.440 e. The van der Waals surface area contributed by atoms with Crippen LogP contribution in [0.5, 0.6) is 0 Å². The van der Waals surface area contributed by atoms with Crippen molar-refractivity contribution in [1.29, 1.82) is 0 Å². The van der Waals surface area contributed by atoms with E-state index >= 15 is 0 Å². The Kier molecular flexibility index (Phi) is 4.39. The Morgan fingerprint density at radius 3 is 2.48 bits per heavy atom. The molecule has 0 bridgehead atoms. The van der Waals surface area contributed by atoms with Gasteiger partial charge in [-0.3, -0.25) is 9.59 Å². The molecule has 3 aromatic rings. The van der Waals surface area contributed by atoms with Crippen LogP contribution in [0.4, 0.5) is 10.1 Å². The highest BCUT2D eigenvalue weighted by Gasteiger charge is 2.46. The molecule has 2 aliphatic heterocycles. The zero-order valence-corrected chi connectivity index (χ0v) is 15.8. The topological polar surface area (TPSA) is 67.9 Å². The number of hydrogen-bond donors (Lipinski definition) is 1. The van der Waals surface area contributed by atoms with Crippen LogP contribution in [0, 0.1) is 5.82 Å². The first-order valence-electron chi connectivity index (χ1n) is 9.92. The maximum absolute atomic E-state index is 13.2. The fourth-order valence-electron chi connectivity index (χ4n) is 4.46. The number of halogens is 1. The van der Waals surface area contributed by atoms with Gasteiger partial charge in [0.25, 0.3) is 5.91 Å². The number of nitrogens with one attached hydrogen (secondary N) is 1. The van der Waals surface area contributed by atoms with Crippen molar-refractivity contribution in [2.24, 2.45) is 0 Å². The van der Waals surface area contributed by atoms with Crippen LogP contribution in [-0.2, 0) is 9.59 Å². The van der Waals surface area contributed by atoms with E-state index in [1.807, 2.05) is 24.3 Å². The first-order valence-corrected chi connectivity index (χ1v) is 9.92. The Labute approximate surface area is 166 Å². The number of imide groups is 1. The standard InChI is InChI=1S/C22H20FN3O3/c23-15-5-7-16(8-6-15)26-20(27)13-18(22(26)28)25-11-9-14(10-12-25)21-24-17-3-1-2-4-19(17)29-21/h1-8,14,18H,9-13H2/p+1/t18-/m0/s1. The minimum atomic E-state index is -0.392. The van der Waals surface area contributed by atoms with E-state index < -0.39 is 5.82 Å². The van der Waals surface area contributed by atoms with Crippen molar-refractivity contribution in [3.63, 3.8) is 0 Å². The van der Waals surface area contributed by atoms with Gasteiger partial charge in [0, 0.05) is 18.8 Å². The van der Waals surface area contributed by atoms with Crippen LogP contribution >= 0.6 is 0 Å². The number of oxazole rings is 1. The number of benzene rings is 2. The summed E-state index contributed by atoms with van der Waals surface area (Å²) in [5, 5.41) is 0. The number of piperidine rings is 1. The molecular formula is C22H21FN3O3+. The van der Waals surface area contributed by atoms with E-state index in [-0.39, 0.29) is 30.2 Å². The number of fused-ring (bicyclic) bond motifs is 1. The SMILES string of the molecule is O=C1C[C@H]([NH+]2CCC(c3nc4ccccc4o3)CC2)C(=O)N1c1ccc(F)cc1. The molecule has 2 aliphatic rings. The predicted molar refractivity (Wildman–Crippen MR) is 104 cm³/mol. The summed E-state index contributed by atoms with van der Waals surface area (Å²) in [5.74, 6) is 0.173. The van der Waals surface area contributed by atoms with Crippen LogP contribution in [0.15, 0.2) is 52.9 Å². The van der Waals surface area contributed by atoms with E-state index in [0.29, 0.717) is 5.69 Å². The summed E-state index contributed by atoms with van der Waals surface area (Å²) in [6, 6.07) is 12.8. The number of carbonyl (C=O) groups excluding carboxylic acids is 2. The Balaban J connectivity index is 1.27. The van der Waals surface area contributed by atoms with E-state index in [4.69, 9.17) is 4.42 Å². The number of para-hydroxylation sites is 2. The van der Waals surface area contributed by atoms with E-state index in [0.717, 1.165) is 47.8 Å². The average Bonchev–Trinajstić information content (AvgIpc) is 3.30. The molecule has 7 heteroatoms. The molecule has 1 aromatic heterocycles. The average molecular weight is 394 g/mol. The maximum atomic E-state index is 13.2. The number of rotatable bonds is 3. The van der Waals surface area contributed by atoms with Gasteiger partial charge in [-0.2, -0.15) is 0 Å². The van der Waals surface area contributed by atoms with Crippen LogP contribution < -0.4 is 9.80 Å². The number of likely N-dealkylation sites (tertiary alicyclic amines) is 1. The summed E-state index contributed by atoms with van der Waals surface area (Å²) in [7, 11) is 0. The van der Waals surface area contributed by atoms with E-state index in [9.17, 15) is 14.0 Å². The molecule has 2 fully saturated rings. The van der Waals surface area contributed by atoms with Gasteiger partial charge in [0.05, 0.1) is 25.2 Å². The molecule has 0 saturated carbocycles. The Morgan fingerprint density at radius 2 is 1.76 bits per heavy atom. The normalized spacial score (nSPS) is 25.1. The van der Waals surface area contributed by atoms with Crippen molar-refractivity contribution in [2.45, 2.75) is 31.2 Å². The van der Waals surface area contributed by atoms with Crippen LogP contribution in [0.1, 0.15) is 31.1 Å². The zero-order chi connectivity index (χ0) is 20.0. The molecule has 2 saturated heterocycles. The Bertz CT molecular complexity index is 1040. The molecule has 0 aliphatic carbocycles. The first-order chi connectivity index (χ1) is 14.1. The molecule has 6 nitrogen and oxygen atoms in total. The van der Waals surface area contributed by atoms with Crippen molar-refractivity contribution in [3.8, 4) is 0 Å². The quantitative estimate of drug-likeness (QED) is 0.691. The summed E-state index contributed by atoms with van der Waals surface area (Å²) in [6.45, 7) is 1.56. The first kappa shape index (κ1) is 18.0. The molecule has 5 rings (SSSR count). The number of quaternary nitrogens is 1. The van der Waals surface area contributed by atoms with Crippen LogP contribution in [0.25, 0.3) is 11.1 Å². The van der Waals surface area contributed by atoms with Crippen molar-refractivity contribution < 1.29 is 23.3 Å². The third-order valence-electron chi connectivity index (χ3n) is 6.01. The molecule has 29 heavy (non-hydrogen) atoms. The largest absolute Gasteiger partial charge is 0.440 e. The monoisotopic (exact) mass is 394 g/mol. The van der Waals surface area contributed by atoms with Gasteiger partial charge in [0.2, 0.25) is 5.91 Å². The molecular weight excluding hydrogens is 373 g/mol. The molecule has 1 atom stereocenters. The highest BCUT2D eigenvalue weighted by atomic mass is 19.1. The lowest BCUT2D eigenvalue weighted by Crippen LogP contribution is -3.17. The molecule has 1 N–H and O–H groups in total. The van der Waals surface area contributed by atoms with Crippen molar-refractivity contribution in [2.75, 3.05) is 18.0 Å². The van der Waals surface area contributed by atoms with Crippen molar-refractivity contribution >= 4 is 28.6 Å². The molecule has 0 spiro atoms. The number of anilines is 1. The van der Waals surface area contributed by atoms with E-state index in [1.54, 1.807) is 0 Å². The highest BCUT2D eigenvalue weighted by molar-refractivity contribution is 6.21. The zero-order valence-electron chi connectivity index (χ0n) is 15.8. The number of carbonyl (C=O) groups is 2. The van der Waals surface area contributed by atoms with Crippen LogP contribution in [-0.4, -0.2) is 35.9 Å². The van der Waals surface area contributed by atoms with Gasteiger partial charge < -0.3 is 9.32 Å². The van der Waals surface area contributed by atoms with Crippen LogP contribution in [0.2, 0.25) is 0 Å². The highest BCUT2D eigenvalue weighted by Crippen LogP contribution is 2.28. The summed E-state index contributed by atoms with van der Waals surface area (Å²) in [6.07, 6.45) is 1.91. The predicted octanol–water partition coefficient (Wildman–Crippen LogP) is 2.06. The minimum absolute atomic E-state index is 0.194. The fraction of sp³-hybridized carbons (Fsp3) is 0.318. The molecule has 3 heterocycles. The third-order valence-corrected chi connectivity index (χ3v) is 6.01. The smallest absolute Gasteiger partial charge is 0.292 e. The lowest BCUT2D eigenvalue weighted by molar-refractivity contribution is -0.920. The number of amides is 2. The lowest BCUT2D eigenvalue weighted by atomic mass is 9.95. The van der Waals surface area contributed by atoms with Gasteiger partial charge in [-0.25, -0.2) is 14.3 Å². The van der Waals surface area contributed by atoms with Gasteiger partial charge in [0.15, 0.2) is 17.5 Å². The maximum Gasteiger partial charge on any atom is 0.292 e. The summed E-state index contributed by atoms with van der Waals surface area (Å²) >= 11 is 0. The van der Waals surface area contributed by atoms with Gasteiger partial charge >= 0.3 is 0 Å². The molecule has 2 aromatic carbocycles. The molecule has 0 radical (unpaired) electrons.